The Balaban J connectivity index is 0.00000243. The van der Waals surface area contributed by atoms with Gasteiger partial charge >= 0.3 is 0 Å². The van der Waals surface area contributed by atoms with Crippen molar-refractivity contribution < 1.29 is 4.79 Å². The highest BCUT2D eigenvalue weighted by Gasteiger charge is 2.22. The zero-order valence-corrected chi connectivity index (χ0v) is 16.9. The second-order valence-electron chi connectivity index (χ2n) is 7.59. The van der Waals surface area contributed by atoms with Crippen molar-refractivity contribution in [1.82, 2.24) is 15.1 Å². The van der Waals surface area contributed by atoms with Gasteiger partial charge in [0.05, 0.1) is 6.54 Å². The number of para-hydroxylation sites is 1. The first-order valence-corrected chi connectivity index (χ1v) is 9.63. The second kappa shape index (κ2) is 10.3. The maximum absolute atomic E-state index is 12.4. The van der Waals surface area contributed by atoms with Gasteiger partial charge in [0.1, 0.15) is 0 Å². The third-order valence-electron chi connectivity index (χ3n) is 5.55. The molecule has 0 atom stereocenters. The van der Waals surface area contributed by atoms with E-state index in [1.54, 1.807) is 0 Å². The van der Waals surface area contributed by atoms with Crippen LogP contribution in [0.15, 0.2) is 18.2 Å². The molecule has 0 spiro atoms. The average molecular weight is 381 g/mol. The molecule has 0 aliphatic carbocycles. The Labute approximate surface area is 163 Å². The molecule has 2 aliphatic rings. The Bertz CT molecular complexity index is 561. The number of hydrogen-bond donors (Lipinski definition) is 2. The van der Waals surface area contributed by atoms with Gasteiger partial charge in [0.15, 0.2) is 0 Å². The van der Waals surface area contributed by atoms with Gasteiger partial charge in [-0.1, -0.05) is 18.2 Å². The molecule has 2 saturated heterocycles. The maximum Gasteiger partial charge on any atom is 0.238 e. The highest BCUT2D eigenvalue weighted by atomic mass is 35.5. The Morgan fingerprint density at radius 3 is 2.27 bits per heavy atom. The summed E-state index contributed by atoms with van der Waals surface area (Å²) < 4.78 is 0. The summed E-state index contributed by atoms with van der Waals surface area (Å²) in [5.41, 5.74) is 3.22. The molecule has 0 unspecified atom stereocenters. The molecule has 2 heterocycles. The second-order valence-corrected chi connectivity index (χ2v) is 7.59. The number of halogens is 1. The first-order chi connectivity index (χ1) is 12.1. The first kappa shape index (κ1) is 21.2. The van der Waals surface area contributed by atoms with Crippen molar-refractivity contribution in [2.75, 3.05) is 57.7 Å². The topological polar surface area (TPSA) is 47.6 Å². The quantitative estimate of drug-likeness (QED) is 0.822. The van der Waals surface area contributed by atoms with Crippen LogP contribution in [-0.4, -0.2) is 68.1 Å². The molecule has 3 rings (SSSR count). The van der Waals surface area contributed by atoms with E-state index in [0.29, 0.717) is 6.54 Å². The van der Waals surface area contributed by atoms with Crippen molar-refractivity contribution in [2.45, 2.75) is 26.7 Å². The van der Waals surface area contributed by atoms with Crippen molar-refractivity contribution in [3.8, 4) is 0 Å². The van der Waals surface area contributed by atoms with Gasteiger partial charge in [-0.3, -0.25) is 9.69 Å². The van der Waals surface area contributed by atoms with Crippen LogP contribution in [0.1, 0.15) is 24.0 Å². The lowest BCUT2D eigenvalue weighted by molar-refractivity contribution is -0.117. The molecule has 0 saturated carbocycles. The highest BCUT2D eigenvalue weighted by molar-refractivity contribution is 5.93. The fourth-order valence-electron chi connectivity index (χ4n) is 3.95. The SMILES string of the molecule is Cc1cccc(C)c1NC(=O)CN1CCN(CC2CCNCC2)CC1.Cl. The molecule has 5 nitrogen and oxygen atoms in total. The molecular weight excluding hydrogens is 348 g/mol. The van der Waals surface area contributed by atoms with E-state index in [1.165, 1.54) is 32.5 Å². The largest absolute Gasteiger partial charge is 0.324 e. The molecular formula is C20H33ClN4O. The smallest absolute Gasteiger partial charge is 0.238 e. The Kier molecular flexibility index (Phi) is 8.35. The summed E-state index contributed by atoms with van der Waals surface area (Å²) in [7, 11) is 0. The summed E-state index contributed by atoms with van der Waals surface area (Å²) >= 11 is 0. The number of piperazine rings is 1. The third-order valence-corrected chi connectivity index (χ3v) is 5.55. The number of nitrogens with zero attached hydrogens (tertiary/aromatic N) is 2. The van der Waals surface area contributed by atoms with E-state index >= 15 is 0 Å². The van der Waals surface area contributed by atoms with Crippen LogP contribution in [0, 0.1) is 19.8 Å². The van der Waals surface area contributed by atoms with E-state index in [0.717, 1.165) is 48.9 Å². The molecule has 1 aromatic rings. The lowest BCUT2D eigenvalue weighted by Gasteiger charge is -2.37. The van der Waals surface area contributed by atoms with Gasteiger partial charge < -0.3 is 15.5 Å². The first-order valence-electron chi connectivity index (χ1n) is 9.63. The maximum atomic E-state index is 12.4. The number of amides is 1. The van der Waals surface area contributed by atoms with Crippen molar-refractivity contribution in [3.05, 3.63) is 29.3 Å². The van der Waals surface area contributed by atoms with Gasteiger partial charge in [-0.15, -0.1) is 12.4 Å². The number of hydrogen-bond acceptors (Lipinski definition) is 4. The van der Waals surface area contributed by atoms with Crippen molar-refractivity contribution >= 4 is 24.0 Å². The Hall–Kier alpha value is -1.14. The summed E-state index contributed by atoms with van der Waals surface area (Å²) in [5, 5.41) is 6.54. The summed E-state index contributed by atoms with van der Waals surface area (Å²) in [6, 6.07) is 6.12. The van der Waals surface area contributed by atoms with E-state index in [9.17, 15) is 4.79 Å². The molecule has 146 valence electrons. The van der Waals surface area contributed by atoms with Gasteiger partial charge in [0, 0.05) is 38.4 Å². The zero-order valence-electron chi connectivity index (χ0n) is 16.1. The summed E-state index contributed by atoms with van der Waals surface area (Å²) in [6.07, 6.45) is 2.61. The Morgan fingerprint density at radius 1 is 1.08 bits per heavy atom. The molecule has 0 bridgehead atoms. The number of anilines is 1. The van der Waals surface area contributed by atoms with Crippen molar-refractivity contribution in [3.63, 3.8) is 0 Å². The number of aryl methyl sites for hydroxylation is 2. The molecule has 2 fully saturated rings. The summed E-state index contributed by atoms with van der Waals surface area (Å²) in [5.74, 6) is 0.948. The summed E-state index contributed by atoms with van der Waals surface area (Å²) in [6.45, 7) is 12.3. The van der Waals surface area contributed by atoms with Gasteiger partial charge in [-0.2, -0.15) is 0 Å². The fraction of sp³-hybridized carbons (Fsp3) is 0.650. The van der Waals surface area contributed by atoms with Crippen LogP contribution in [0.2, 0.25) is 0 Å². The minimum atomic E-state index is 0. The highest BCUT2D eigenvalue weighted by Crippen LogP contribution is 2.19. The number of carbonyl (C=O) groups excluding carboxylic acids is 1. The van der Waals surface area contributed by atoms with Crippen LogP contribution in [0.25, 0.3) is 0 Å². The van der Waals surface area contributed by atoms with E-state index in [-0.39, 0.29) is 18.3 Å². The van der Waals surface area contributed by atoms with Crippen molar-refractivity contribution in [2.24, 2.45) is 5.92 Å². The molecule has 2 aliphatic heterocycles. The third kappa shape index (κ3) is 5.95. The van der Waals surface area contributed by atoms with Crippen LogP contribution in [0.4, 0.5) is 5.69 Å². The van der Waals surface area contributed by atoms with Crippen LogP contribution < -0.4 is 10.6 Å². The number of carbonyl (C=O) groups is 1. The number of nitrogens with one attached hydrogen (secondary N) is 2. The average Bonchev–Trinajstić information content (AvgIpc) is 2.61. The monoisotopic (exact) mass is 380 g/mol. The Morgan fingerprint density at radius 2 is 1.65 bits per heavy atom. The zero-order chi connectivity index (χ0) is 17.6. The number of rotatable bonds is 5. The molecule has 1 amide bonds. The predicted octanol–water partition coefficient (Wildman–Crippen LogP) is 2.28. The molecule has 0 radical (unpaired) electrons. The van der Waals surface area contributed by atoms with Gasteiger partial charge in [-0.25, -0.2) is 0 Å². The van der Waals surface area contributed by atoms with Crippen molar-refractivity contribution in [1.29, 1.82) is 0 Å². The van der Waals surface area contributed by atoms with Crippen LogP contribution >= 0.6 is 12.4 Å². The van der Waals surface area contributed by atoms with E-state index in [4.69, 9.17) is 0 Å². The molecule has 1 aromatic carbocycles. The van der Waals surface area contributed by atoms with E-state index in [2.05, 4.69) is 20.4 Å². The summed E-state index contributed by atoms with van der Waals surface area (Å²) in [4.78, 5) is 17.3. The predicted molar refractivity (Wildman–Crippen MR) is 110 cm³/mol. The van der Waals surface area contributed by atoms with Gasteiger partial charge in [0.25, 0.3) is 0 Å². The molecule has 0 aromatic heterocycles. The number of benzene rings is 1. The molecule has 26 heavy (non-hydrogen) atoms. The normalized spacial score (nSPS) is 19.8. The van der Waals surface area contributed by atoms with Crippen LogP contribution in [0.5, 0.6) is 0 Å². The minimum Gasteiger partial charge on any atom is -0.324 e. The fourth-order valence-corrected chi connectivity index (χ4v) is 3.95. The number of piperidine rings is 1. The van der Waals surface area contributed by atoms with E-state index < -0.39 is 0 Å². The van der Waals surface area contributed by atoms with Gasteiger partial charge in [0.2, 0.25) is 5.91 Å². The van der Waals surface area contributed by atoms with Gasteiger partial charge in [-0.05, 0) is 56.8 Å². The lowest BCUT2D eigenvalue weighted by atomic mass is 9.97. The van der Waals surface area contributed by atoms with Crippen LogP contribution in [-0.2, 0) is 4.79 Å². The molecule has 2 N–H and O–H groups in total. The standard InChI is InChI=1S/C20H32N4O.ClH/c1-16-4-3-5-17(2)20(16)22-19(25)15-24-12-10-23(11-13-24)14-18-6-8-21-9-7-18;/h3-5,18,21H,6-15H2,1-2H3,(H,22,25);1H. The van der Waals surface area contributed by atoms with Crippen LogP contribution in [0.3, 0.4) is 0 Å². The minimum absolute atomic E-state index is 0. The van der Waals surface area contributed by atoms with E-state index in [1.807, 2.05) is 32.0 Å². The molecule has 6 heteroatoms. The lowest BCUT2D eigenvalue weighted by Crippen LogP contribution is -2.50.